The number of carbonyl (C=O) groups is 1. The molecule has 10 heteroatoms. The molecule has 0 radical (unpaired) electrons. The lowest BCUT2D eigenvalue weighted by molar-refractivity contribution is -0.124. The Morgan fingerprint density at radius 3 is 2.68 bits per heavy atom. The zero-order valence-corrected chi connectivity index (χ0v) is 16.5. The standard InChI is InChI=1S/C18H20F2N2O4S2/c19-18(20)26-14-7-5-13(6-8-14)9-10-21-17(23)15-3-1-11-22(15)28(24,25)16-4-2-12-27-16/h2,4-8,12,15,18H,1,3,9-11H2,(H,21,23). The summed E-state index contributed by atoms with van der Waals surface area (Å²) in [4.78, 5) is 12.5. The van der Waals surface area contributed by atoms with Gasteiger partial charge in [-0.15, -0.1) is 11.3 Å². The van der Waals surface area contributed by atoms with E-state index in [1.165, 1.54) is 22.5 Å². The molecule has 0 bridgehead atoms. The predicted molar refractivity (Wildman–Crippen MR) is 101 cm³/mol. The van der Waals surface area contributed by atoms with E-state index in [1.807, 2.05) is 0 Å². The Morgan fingerprint density at radius 1 is 1.29 bits per heavy atom. The number of hydrogen-bond acceptors (Lipinski definition) is 5. The van der Waals surface area contributed by atoms with Gasteiger partial charge in [-0.25, -0.2) is 8.42 Å². The van der Waals surface area contributed by atoms with Gasteiger partial charge in [0.05, 0.1) is 0 Å². The minimum atomic E-state index is -3.67. The third kappa shape index (κ3) is 4.86. The highest BCUT2D eigenvalue weighted by Crippen LogP contribution is 2.28. The number of nitrogens with zero attached hydrogens (tertiary/aromatic N) is 1. The molecule has 1 aromatic heterocycles. The van der Waals surface area contributed by atoms with Crippen molar-refractivity contribution < 1.29 is 26.7 Å². The Hall–Kier alpha value is -2.04. The smallest absolute Gasteiger partial charge is 0.387 e. The number of sulfonamides is 1. The van der Waals surface area contributed by atoms with Crippen LogP contribution in [0.3, 0.4) is 0 Å². The monoisotopic (exact) mass is 430 g/mol. The number of halogens is 2. The molecule has 1 aromatic carbocycles. The molecule has 152 valence electrons. The minimum absolute atomic E-state index is 0.0724. The normalized spacial score (nSPS) is 17.8. The average molecular weight is 430 g/mol. The van der Waals surface area contributed by atoms with Gasteiger partial charge in [0.2, 0.25) is 5.91 Å². The van der Waals surface area contributed by atoms with Gasteiger partial charge in [-0.05, 0) is 48.4 Å². The summed E-state index contributed by atoms with van der Waals surface area (Å²) in [6.07, 6.45) is 1.61. The molecule has 1 N–H and O–H groups in total. The van der Waals surface area contributed by atoms with Crippen LogP contribution in [-0.4, -0.2) is 44.4 Å². The molecule has 3 rings (SSSR count). The molecule has 6 nitrogen and oxygen atoms in total. The molecule has 1 saturated heterocycles. The number of hydrogen-bond donors (Lipinski definition) is 1. The zero-order valence-electron chi connectivity index (χ0n) is 14.9. The molecule has 1 fully saturated rings. The fourth-order valence-corrected chi connectivity index (χ4v) is 5.88. The lowest BCUT2D eigenvalue weighted by Crippen LogP contribution is -2.46. The van der Waals surface area contributed by atoms with Crippen LogP contribution in [0, 0.1) is 0 Å². The van der Waals surface area contributed by atoms with Crippen LogP contribution in [-0.2, 0) is 21.2 Å². The number of benzene rings is 1. The van der Waals surface area contributed by atoms with Crippen molar-refractivity contribution in [1.82, 2.24) is 9.62 Å². The molecule has 1 unspecified atom stereocenters. The summed E-state index contributed by atoms with van der Waals surface area (Å²) in [7, 11) is -3.67. The van der Waals surface area contributed by atoms with E-state index >= 15 is 0 Å². The highest BCUT2D eigenvalue weighted by atomic mass is 32.2. The highest BCUT2D eigenvalue weighted by Gasteiger charge is 2.39. The summed E-state index contributed by atoms with van der Waals surface area (Å²) in [5.41, 5.74) is 0.844. The number of rotatable bonds is 8. The molecule has 0 saturated carbocycles. The van der Waals surface area contributed by atoms with Crippen LogP contribution in [0.4, 0.5) is 8.78 Å². The van der Waals surface area contributed by atoms with Crippen molar-refractivity contribution in [3.8, 4) is 5.75 Å². The number of thiophene rings is 1. The molecule has 0 aliphatic carbocycles. The second-order valence-electron chi connectivity index (χ2n) is 6.27. The Morgan fingerprint density at radius 2 is 2.04 bits per heavy atom. The predicted octanol–water partition coefficient (Wildman–Crippen LogP) is 2.86. The molecule has 1 aliphatic heterocycles. The van der Waals surface area contributed by atoms with Crippen molar-refractivity contribution >= 4 is 27.3 Å². The van der Waals surface area contributed by atoms with Crippen LogP contribution >= 0.6 is 11.3 Å². The van der Waals surface area contributed by atoms with Crippen LogP contribution in [0.5, 0.6) is 5.75 Å². The summed E-state index contributed by atoms with van der Waals surface area (Å²) in [5.74, 6) is -0.251. The summed E-state index contributed by atoms with van der Waals surface area (Å²) in [5, 5.41) is 4.46. The molecule has 2 aromatic rings. The Balaban J connectivity index is 1.54. The van der Waals surface area contributed by atoms with Gasteiger partial charge in [0.25, 0.3) is 10.0 Å². The Bertz CT molecular complexity index is 887. The van der Waals surface area contributed by atoms with Crippen molar-refractivity contribution in [3.63, 3.8) is 0 Å². The second kappa shape index (κ2) is 8.97. The topological polar surface area (TPSA) is 75.7 Å². The van der Waals surface area contributed by atoms with Crippen molar-refractivity contribution in [3.05, 3.63) is 47.3 Å². The van der Waals surface area contributed by atoms with Crippen LogP contribution < -0.4 is 10.1 Å². The van der Waals surface area contributed by atoms with Gasteiger partial charge < -0.3 is 10.1 Å². The molecular weight excluding hydrogens is 410 g/mol. The summed E-state index contributed by atoms with van der Waals surface area (Å²) in [6.45, 7) is -2.23. The molecule has 1 atom stereocenters. The first-order valence-electron chi connectivity index (χ1n) is 8.75. The third-order valence-electron chi connectivity index (χ3n) is 4.43. The first-order valence-corrected chi connectivity index (χ1v) is 11.1. The van der Waals surface area contributed by atoms with E-state index in [9.17, 15) is 22.0 Å². The minimum Gasteiger partial charge on any atom is -0.435 e. The second-order valence-corrected chi connectivity index (χ2v) is 9.33. The van der Waals surface area contributed by atoms with Crippen molar-refractivity contribution in [2.45, 2.75) is 36.1 Å². The third-order valence-corrected chi connectivity index (χ3v) is 7.71. The zero-order chi connectivity index (χ0) is 20.1. The van der Waals surface area contributed by atoms with Crippen molar-refractivity contribution in [1.29, 1.82) is 0 Å². The van der Waals surface area contributed by atoms with Crippen molar-refractivity contribution in [2.24, 2.45) is 0 Å². The van der Waals surface area contributed by atoms with Gasteiger partial charge in [0, 0.05) is 13.1 Å². The van der Waals surface area contributed by atoms with E-state index in [-0.39, 0.29) is 15.9 Å². The van der Waals surface area contributed by atoms with E-state index in [0.29, 0.717) is 32.4 Å². The van der Waals surface area contributed by atoms with E-state index in [0.717, 1.165) is 16.9 Å². The van der Waals surface area contributed by atoms with E-state index in [4.69, 9.17) is 0 Å². The van der Waals surface area contributed by atoms with Crippen LogP contribution in [0.2, 0.25) is 0 Å². The fourth-order valence-electron chi connectivity index (χ4n) is 3.10. The van der Waals surface area contributed by atoms with Gasteiger partial charge in [-0.1, -0.05) is 18.2 Å². The summed E-state index contributed by atoms with van der Waals surface area (Å²) >= 11 is 1.13. The van der Waals surface area contributed by atoms with E-state index < -0.39 is 22.7 Å². The van der Waals surface area contributed by atoms with Gasteiger partial charge >= 0.3 is 6.61 Å². The maximum Gasteiger partial charge on any atom is 0.387 e. The SMILES string of the molecule is O=C(NCCc1ccc(OC(F)F)cc1)C1CCCN1S(=O)(=O)c1cccs1. The first kappa shape index (κ1) is 20.7. The maximum absolute atomic E-state index is 12.7. The first-order chi connectivity index (χ1) is 13.4. The molecule has 2 heterocycles. The Kier molecular flexibility index (Phi) is 6.63. The van der Waals surface area contributed by atoms with Crippen LogP contribution in [0.1, 0.15) is 18.4 Å². The molecular formula is C18H20F2N2O4S2. The largest absolute Gasteiger partial charge is 0.435 e. The van der Waals surface area contributed by atoms with E-state index in [2.05, 4.69) is 10.1 Å². The average Bonchev–Trinajstić information content (AvgIpc) is 3.35. The Labute approximate surface area is 166 Å². The molecule has 28 heavy (non-hydrogen) atoms. The molecule has 1 amide bonds. The number of nitrogens with one attached hydrogen (secondary N) is 1. The number of alkyl halides is 2. The van der Waals surface area contributed by atoms with E-state index in [1.54, 1.807) is 23.6 Å². The van der Waals surface area contributed by atoms with Gasteiger partial charge in [0.15, 0.2) is 0 Å². The number of carbonyl (C=O) groups excluding carboxylic acids is 1. The maximum atomic E-state index is 12.7. The number of amides is 1. The lowest BCUT2D eigenvalue weighted by Gasteiger charge is -2.22. The van der Waals surface area contributed by atoms with Gasteiger partial charge in [-0.2, -0.15) is 13.1 Å². The van der Waals surface area contributed by atoms with Crippen LogP contribution in [0.25, 0.3) is 0 Å². The van der Waals surface area contributed by atoms with Gasteiger partial charge in [0.1, 0.15) is 16.0 Å². The van der Waals surface area contributed by atoms with Crippen LogP contribution in [0.15, 0.2) is 46.0 Å². The highest BCUT2D eigenvalue weighted by molar-refractivity contribution is 7.91. The molecule has 1 aliphatic rings. The molecule has 0 spiro atoms. The fraction of sp³-hybridized carbons (Fsp3) is 0.389. The quantitative estimate of drug-likeness (QED) is 0.699. The van der Waals surface area contributed by atoms with Crippen molar-refractivity contribution in [2.75, 3.05) is 13.1 Å². The lowest BCUT2D eigenvalue weighted by atomic mass is 10.1. The van der Waals surface area contributed by atoms with Gasteiger partial charge in [-0.3, -0.25) is 4.79 Å². The number of ether oxygens (including phenoxy) is 1. The summed E-state index contributed by atoms with van der Waals surface area (Å²) < 4.78 is 55.5. The summed E-state index contributed by atoms with van der Waals surface area (Å²) in [6, 6.07) is 8.66.